The summed E-state index contributed by atoms with van der Waals surface area (Å²) in [5.74, 6) is 0.0942. The van der Waals surface area contributed by atoms with Gasteiger partial charge in [-0.05, 0) is 51.5 Å². The molecular weight excluding hydrogens is 240 g/mol. The van der Waals surface area contributed by atoms with E-state index in [0.29, 0.717) is 6.54 Å². The molecule has 2 N–H and O–H groups in total. The van der Waals surface area contributed by atoms with Crippen LogP contribution >= 0.6 is 0 Å². The van der Waals surface area contributed by atoms with Crippen LogP contribution in [0.4, 0.5) is 0 Å². The van der Waals surface area contributed by atoms with Gasteiger partial charge in [-0.1, -0.05) is 11.6 Å². The van der Waals surface area contributed by atoms with Gasteiger partial charge in [-0.2, -0.15) is 0 Å². The van der Waals surface area contributed by atoms with E-state index in [4.69, 9.17) is 0 Å². The maximum atomic E-state index is 11.8. The van der Waals surface area contributed by atoms with E-state index in [9.17, 15) is 9.90 Å². The van der Waals surface area contributed by atoms with E-state index in [0.717, 1.165) is 32.4 Å². The number of likely N-dealkylation sites (tertiary alicyclic amines) is 1. The van der Waals surface area contributed by atoms with Gasteiger partial charge in [0.2, 0.25) is 5.91 Å². The van der Waals surface area contributed by atoms with E-state index in [2.05, 4.69) is 16.3 Å². The third kappa shape index (κ3) is 4.62. The van der Waals surface area contributed by atoms with Gasteiger partial charge < -0.3 is 10.4 Å². The Balaban J connectivity index is 1.63. The molecule has 0 aromatic rings. The third-order valence-electron chi connectivity index (χ3n) is 4.21. The molecule has 1 aliphatic carbocycles. The summed E-state index contributed by atoms with van der Waals surface area (Å²) < 4.78 is 0. The van der Waals surface area contributed by atoms with Crippen LogP contribution in [0.3, 0.4) is 0 Å². The molecule has 2 aliphatic rings. The Morgan fingerprint density at radius 2 is 2.32 bits per heavy atom. The molecule has 0 radical (unpaired) electrons. The minimum Gasteiger partial charge on any atom is -0.395 e. The highest BCUT2D eigenvalue weighted by atomic mass is 16.3. The van der Waals surface area contributed by atoms with Gasteiger partial charge in [-0.25, -0.2) is 0 Å². The van der Waals surface area contributed by atoms with Crippen molar-refractivity contribution in [3.63, 3.8) is 0 Å². The topological polar surface area (TPSA) is 52.6 Å². The average Bonchev–Trinajstić information content (AvgIpc) is 2.87. The fraction of sp³-hybridized carbons (Fsp3) is 0.800. The second-order valence-electron chi connectivity index (χ2n) is 5.66. The van der Waals surface area contributed by atoms with Gasteiger partial charge in [0.05, 0.1) is 13.2 Å². The van der Waals surface area contributed by atoms with E-state index in [1.54, 1.807) is 0 Å². The Bertz CT molecular complexity index is 328. The van der Waals surface area contributed by atoms with Gasteiger partial charge in [0.15, 0.2) is 0 Å². The van der Waals surface area contributed by atoms with Crippen molar-refractivity contribution in [1.82, 2.24) is 10.2 Å². The molecule has 4 nitrogen and oxygen atoms in total. The Morgan fingerprint density at radius 3 is 3.05 bits per heavy atom. The van der Waals surface area contributed by atoms with E-state index < -0.39 is 0 Å². The molecule has 0 unspecified atom stereocenters. The van der Waals surface area contributed by atoms with Crippen LogP contribution in [0.25, 0.3) is 0 Å². The van der Waals surface area contributed by atoms with Gasteiger partial charge in [-0.15, -0.1) is 0 Å². The smallest absolute Gasteiger partial charge is 0.234 e. The molecule has 1 fully saturated rings. The summed E-state index contributed by atoms with van der Waals surface area (Å²) in [5, 5.41) is 12.2. The van der Waals surface area contributed by atoms with E-state index in [1.807, 2.05) is 0 Å². The molecule has 0 saturated carbocycles. The highest BCUT2D eigenvalue weighted by Gasteiger charge is 2.25. The van der Waals surface area contributed by atoms with Crippen LogP contribution in [0.1, 0.15) is 44.9 Å². The molecule has 4 heteroatoms. The number of carbonyl (C=O) groups excluding carboxylic acids is 1. The summed E-state index contributed by atoms with van der Waals surface area (Å²) in [6.45, 7) is 2.29. The van der Waals surface area contributed by atoms with Crippen molar-refractivity contribution >= 4 is 5.91 Å². The van der Waals surface area contributed by atoms with Gasteiger partial charge in [0.1, 0.15) is 0 Å². The Labute approximate surface area is 115 Å². The maximum Gasteiger partial charge on any atom is 0.234 e. The Morgan fingerprint density at radius 1 is 1.42 bits per heavy atom. The van der Waals surface area contributed by atoms with Crippen LogP contribution in [0, 0.1) is 0 Å². The van der Waals surface area contributed by atoms with Crippen LogP contribution < -0.4 is 5.32 Å². The molecular formula is C15H26N2O2. The number of hydrogen-bond donors (Lipinski definition) is 2. The number of hydrogen-bond acceptors (Lipinski definition) is 3. The monoisotopic (exact) mass is 266 g/mol. The lowest BCUT2D eigenvalue weighted by Crippen LogP contribution is -2.41. The van der Waals surface area contributed by atoms with Gasteiger partial charge in [0, 0.05) is 12.6 Å². The molecule has 2 rings (SSSR count). The first-order chi connectivity index (χ1) is 9.29. The van der Waals surface area contributed by atoms with Crippen LogP contribution in [0.15, 0.2) is 11.6 Å². The zero-order valence-electron chi connectivity index (χ0n) is 11.7. The second kappa shape index (κ2) is 7.65. The summed E-state index contributed by atoms with van der Waals surface area (Å²) >= 11 is 0. The van der Waals surface area contributed by atoms with Crippen LogP contribution in [-0.2, 0) is 4.79 Å². The number of rotatable bonds is 6. The first-order valence-corrected chi connectivity index (χ1v) is 7.59. The number of allylic oxidation sites excluding steroid dienone is 1. The number of aliphatic hydroxyl groups excluding tert-OH is 1. The van der Waals surface area contributed by atoms with E-state index in [1.165, 1.54) is 31.3 Å². The summed E-state index contributed by atoms with van der Waals surface area (Å²) in [6, 6.07) is 0.187. The predicted molar refractivity (Wildman–Crippen MR) is 75.9 cm³/mol. The molecule has 1 heterocycles. The third-order valence-corrected chi connectivity index (χ3v) is 4.21. The molecule has 1 saturated heterocycles. The van der Waals surface area contributed by atoms with Crippen LogP contribution in [0.5, 0.6) is 0 Å². The highest BCUT2D eigenvalue weighted by molar-refractivity contribution is 5.78. The number of nitrogens with zero attached hydrogens (tertiary/aromatic N) is 1. The van der Waals surface area contributed by atoms with Crippen molar-refractivity contribution in [3.8, 4) is 0 Å². The number of carbonyl (C=O) groups is 1. The Kier molecular flexibility index (Phi) is 5.86. The average molecular weight is 266 g/mol. The number of aliphatic hydroxyl groups is 1. The maximum absolute atomic E-state index is 11.8. The molecule has 0 spiro atoms. The minimum absolute atomic E-state index is 0.0942. The number of nitrogens with one attached hydrogen (secondary N) is 1. The van der Waals surface area contributed by atoms with Crippen molar-refractivity contribution in [2.45, 2.75) is 51.0 Å². The summed E-state index contributed by atoms with van der Waals surface area (Å²) in [5.41, 5.74) is 1.50. The summed E-state index contributed by atoms with van der Waals surface area (Å²) in [4.78, 5) is 13.9. The van der Waals surface area contributed by atoms with E-state index >= 15 is 0 Å². The first kappa shape index (κ1) is 14.5. The lowest BCUT2D eigenvalue weighted by molar-refractivity contribution is -0.122. The molecule has 1 amide bonds. The molecule has 1 aliphatic heterocycles. The second-order valence-corrected chi connectivity index (χ2v) is 5.66. The van der Waals surface area contributed by atoms with Crippen molar-refractivity contribution < 1.29 is 9.90 Å². The SMILES string of the molecule is O=C(CN1CCC[C@@H]1CO)NCCC1=CCCCC1. The van der Waals surface area contributed by atoms with Crippen LogP contribution in [-0.4, -0.2) is 48.2 Å². The Hall–Kier alpha value is -0.870. The lowest BCUT2D eigenvalue weighted by Gasteiger charge is -2.22. The molecule has 108 valence electrons. The fourth-order valence-electron chi connectivity index (χ4n) is 3.04. The van der Waals surface area contributed by atoms with Crippen molar-refractivity contribution in [2.24, 2.45) is 0 Å². The van der Waals surface area contributed by atoms with Gasteiger partial charge in [0.25, 0.3) is 0 Å². The molecule has 0 aromatic carbocycles. The molecule has 0 aromatic heterocycles. The minimum atomic E-state index is 0.0942. The largest absolute Gasteiger partial charge is 0.395 e. The molecule has 19 heavy (non-hydrogen) atoms. The van der Waals surface area contributed by atoms with Gasteiger partial charge in [-0.3, -0.25) is 9.69 Å². The standard InChI is InChI=1S/C15H26N2O2/c18-12-14-7-4-10-17(14)11-15(19)16-9-8-13-5-2-1-3-6-13/h5,14,18H,1-4,6-12H2,(H,16,19)/t14-/m1/s1. The van der Waals surface area contributed by atoms with Gasteiger partial charge >= 0.3 is 0 Å². The fourth-order valence-corrected chi connectivity index (χ4v) is 3.04. The zero-order chi connectivity index (χ0) is 13.5. The normalized spacial score (nSPS) is 24.3. The van der Waals surface area contributed by atoms with Crippen molar-refractivity contribution in [3.05, 3.63) is 11.6 Å². The van der Waals surface area contributed by atoms with Crippen molar-refractivity contribution in [2.75, 3.05) is 26.2 Å². The lowest BCUT2D eigenvalue weighted by atomic mass is 9.97. The quantitative estimate of drug-likeness (QED) is 0.716. The zero-order valence-corrected chi connectivity index (χ0v) is 11.7. The van der Waals surface area contributed by atoms with Crippen molar-refractivity contribution in [1.29, 1.82) is 0 Å². The van der Waals surface area contributed by atoms with Crippen LogP contribution in [0.2, 0.25) is 0 Å². The van der Waals surface area contributed by atoms with E-state index in [-0.39, 0.29) is 18.6 Å². The first-order valence-electron chi connectivity index (χ1n) is 7.59. The highest BCUT2D eigenvalue weighted by Crippen LogP contribution is 2.19. The summed E-state index contributed by atoms with van der Waals surface area (Å²) in [6.07, 6.45) is 10.4. The molecule has 1 atom stereocenters. The molecule has 0 bridgehead atoms. The predicted octanol–water partition coefficient (Wildman–Crippen LogP) is 1.45. The summed E-state index contributed by atoms with van der Waals surface area (Å²) in [7, 11) is 0. The number of amides is 1.